The molecule has 0 fully saturated rings. The summed E-state index contributed by atoms with van der Waals surface area (Å²) < 4.78 is 26.9. The second-order valence-corrected chi connectivity index (χ2v) is 21.6. The third kappa shape index (κ3) is 31.0. The Morgan fingerprint density at radius 3 is 0.895 bits per heavy atom. The summed E-state index contributed by atoms with van der Waals surface area (Å²) in [6.07, 6.45) is 42.8. The maximum atomic E-state index is 14.4. The molecule has 0 atom stereocenters. The Labute approximate surface area is 386 Å². The first kappa shape index (κ1) is 57.4. The van der Waals surface area contributed by atoms with Crippen LogP contribution in [0.15, 0.2) is 12.1 Å². The van der Waals surface area contributed by atoms with Crippen LogP contribution in [0.5, 0.6) is 5.75 Å². The van der Waals surface area contributed by atoms with Crippen LogP contribution in [-0.2, 0) is 30.6 Å². The number of phenolic OH excluding ortho intramolecular Hbond substituents is 1. The number of benzene rings is 1. The molecule has 4 nitrogen and oxygen atoms in total. The largest absolute Gasteiger partial charge is 0.507 e. The van der Waals surface area contributed by atoms with E-state index in [0.717, 1.165) is 42.4 Å². The van der Waals surface area contributed by atoms with Gasteiger partial charge in [-0.05, 0) is 40.4 Å². The molecule has 0 aliphatic carbocycles. The van der Waals surface area contributed by atoms with Crippen LogP contribution in [0.4, 0.5) is 0 Å². The van der Waals surface area contributed by atoms with Gasteiger partial charge in [0.05, 0.1) is 19.4 Å². The standard InChI is InChI=1S/C51H97O4P.Ca/c1-9-11-13-15-17-19-21-23-25-27-29-31-33-35-37-39-41-54-56(53,45-46-43-47(50(3,4)5)49(52)48(44-46)51(6,7)8)55-42-40-38-36-34-32-30-28-26-24-22-20-18-16-14-12-10-2;/h43-44,52H,9-42,45H2,1-8H3;. The number of phenols is 1. The van der Waals surface area contributed by atoms with Crippen molar-refractivity contribution in [1.82, 2.24) is 0 Å². The average Bonchev–Trinajstić information content (AvgIpc) is 3.14. The maximum absolute atomic E-state index is 14.4. The zero-order valence-corrected chi connectivity index (χ0v) is 42.8. The van der Waals surface area contributed by atoms with Gasteiger partial charge in [0.2, 0.25) is 0 Å². The van der Waals surface area contributed by atoms with Crippen LogP contribution in [0.1, 0.15) is 278 Å². The average molecular weight is 845 g/mol. The molecule has 1 N–H and O–H groups in total. The molecule has 0 bridgehead atoms. The third-order valence-electron chi connectivity index (χ3n) is 11.7. The Balaban J connectivity index is 0.0000314. The van der Waals surface area contributed by atoms with E-state index in [2.05, 4.69) is 55.4 Å². The molecular formula is C51H97CaO4P. The summed E-state index contributed by atoms with van der Waals surface area (Å²) in [4.78, 5) is 0. The Bertz CT molecular complexity index is 1030. The van der Waals surface area contributed by atoms with E-state index in [-0.39, 0.29) is 54.7 Å². The predicted octanol–water partition coefficient (Wildman–Crippen LogP) is 17.9. The van der Waals surface area contributed by atoms with E-state index in [1.807, 2.05) is 12.1 Å². The van der Waals surface area contributed by atoms with Crippen LogP contribution in [0.25, 0.3) is 0 Å². The van der Waals surface area contributed by atoms with Crippen molar-refractivity contribution in [3.05, 3.63) is 28.8 Å². The molecule has 0 aliphatic rings. The van der Waals surface area contributed by atoms with E-state index in [4.69, 9.17) is 9.05 Å². The van der Waals surface area contributed by atoms with Gasteiger partial charge in [-0.15, -0.1) is 0 Å². The molecule has 2 radical (unpaired) electrons. The summed E-state index contributed by atoms with van der Waals surface area (Å²) in [5.41, 5.74) is 2.23. The molecule has 0 saturated heterocycles. The van der Waals surface area contributed by atoms with Gasteiger partial charge in [0, 0.05) is 37.7 Å². The zero-order valence-electron chi connectivity index (χ0n) is 39.7. The second kappa shape index (κ2) is 36.0. The molecule has 1 aromatic carbocycles. The number of rotatable bonds is 38. The number of unbranched alkanes of at least 4 members (excludes halogenated alkanes) is 30. The first-order valence-corrected chi connectivity index (χ1v) is 26.3. The summed E-state index contributed by atoms with van der Waals surface area (Å²) in [5.74, 6) is 0.353. The van der Waals surface area contributed by atoms with E-state index in [1.54, 1.807) is 0 Å². The minimum atomic E-state index is -3.36. The van der Waals surface area contributed by atoms with Crippen molar-refractivity contribution in [2.24, 2.45) is 0 Å². The molecule has 0 unspecified atom stereocenters. The molecule has 0 saturated carbocycles. The van der Waals surface area contributed by atoms with Crippen LogP contribution in [-0.4, -0.2) is 56.1 Å². The van der Waals surface area contributed by atoms with Gasteiger partial charge < -0.3 is 14.2 Å². The molecule has 0 aliphatic heterocycles. The molecule has 0 spiro atoms. The molecule has 1 rings (SSSR count). The molecule has 0 aromatic heterocycles. The van der Waals surface area contributed by atoms with Crippen molar-refractivity contribution >= 4 is 45.3 Å². The fraction of sp³-hybridized carbons (Fsp3) is 0.882. The van der Waals surface area contributed by atoms with Gasteiger partial charge in [0.1, 0.15) is 5.75 Å². The molecule has 1 aromatic rings. The van der Waals surface area contributed by atoms with Crippen LogP contribution in [0.3, 0.4) is 0 Å². The molecule has 6 heteroatoms. The number of hydrogen-bond acceptors (Lipinski definition) is 4. The minimum absolute atomic E-state index is 0. The first-order valence-electron chi connectivity index (χ1n) is 24.6. The van der Waals surface area contributed by atoms with Crippen molar-refractivity contribution < 1.29 is 18.7 Å². The molecule has 57 heavy (non-hydrogen) atoms. The SMILES string of the molecule is CCCCCCCCCCCCCCCCCCOP(=O)(Cc1cc(C(C)(C)C)c(O)c(C(C)(C)C)c1)OCCCCCCCCCCCCCCCCCC.[Ca]. The normalized spacial score (nSPS) is 12.4. The zero-order chi connectivity index (χ0) is 41.4. The summed E-state index contributed by atoms with van der Waals surface area (Å²) in [5, 5.41) is 11.3. The fourth-order valence-corrected chi connectivity index (χ4v) is 9.69. The second-order valence-electron chi connectivity index (χ2n) is 19.6. The van der Waals surface area contributed by atoms with E-state index >= 15 is 0 Å². The van der Waals surface area contributed by atoms with Crippen molar-refractivity contribution in [3.63, 3.8) is 0 Å². The molecule has 0 amide bonds. The minimum Gasteiger partial charge on any atom is -0.507 e. The van der Waals surface area contributed by atoms with Crippen molar-refractivity contribution in [2.75, 3.05) is 13.2 Å². The van der Waals surface area contributed by atoms with E-state index < -0.39 is 7.60 Å². The van der Waals surface area contributed by atoms with Crippen LogP contribution < -0.4 is 0 Å². The first-order chi connectivity index (χ1) is 26.8. The van der Waals surface area contributed by atoms with Gasteiger partial charge in [-0.25, -0.2) is 0 Å². The quantitative estimate of drug-likeness (QED) is 0.0409. The summed E-state index contributed by atoms with van der Waals surface area (Å²) in [6, 6.07) is 4.07. The van der Waals surface area contributed by atoms with E-state index in [0.29, 0.717) is 19.0 Å². The number of hydrogen-bond donors (Lipinski definition) is 1. The van der Waals surface area contributed by atoms with Crippen molar-refractivity contribution in [1.29, 1.82) is 0 Å². The van der Waals surface area contributed by atoms with E-state index in [9.17, 15) is 9.67 Å². The van der Waals surface area contributed by atoms with Gasteiger partial charge >= 0.3 is 7.60 Å². The van der Waals surface area contributed by atoms with Crippen LogP contribution in [0.2, 0.25) is 0 Å². The number of aromatic hydroxyl groups is 1. The van der Waals surface area contributed by atoms with Crippen LogP contribution in [0, 0.1) is 0 Å². The van der Waals surface area contributed by atoms with Gasteiger partial charge in [0.25, 0.3) is 0 Å². The van der Waals surface area contributed by atoms with Gasteiger partial charge in [-0.3, -0.25) is 4.57 Å². The summed E-state index contributed by atoms with van der Waals surface area (Å²) in [7, 11) is -3.36. The van der Waals surface area contributed by atoms with Gasteiger partial charge in [0.15, 0.2) is 0 Å². The van der Waals surface area contributed by atoms with Crippen molar-refractivity contribution in [3.8, 4) is 5.75 Å². The predicted molar refractivity (Wildman–Crippen MR) is 254 cm³/mol. The fourth-order valence-electron chi connectivity index (χ4n) is 7.99. The Morgan fingerprint density at radius 2 is 0.667 bits per heavy atom. The summed E-state index contributed by atoms with van der Waals surface area (Å²) in [6.45, 7) is 18.3. The van der Waals surface area contributed by atoms with E-state index in [1.165, 1.54) is 180 Å². The maximum Gasteiger partial charge on any atom is 0.335 e. The molecule has 332 valence electrons. The smallest absolute Gasteiger partial charge is 0.335 e. The topological polar surface area (TPSA) is 55.8 Å². The summed E-state index contributed by atoms with van der Waals surface area (Å²) >= 11 is 0. The third-order valence-corrected chi connectivity index (χ3v) is 13.6. The molecular weight excluding hydrogens is 748 g/mol. The van der Waals surface area contributed by atoms with Crippen molar-refractivity contribution in [2.45, 2.75) is 278 Å². The molecule has 0 heterocycles. The Kier molecular flexibility index (Phi) is 36.2. The monoisotopic (exact) mass is 845 g/mol. The van der Waals surface area contributed by atoms with Gasteiger partial charge in [-0.1, -0.05) is 260 Å². The Hall–Kier alpha value is 0.430. The van der Waals surface area contributed by atoms with Gasteiger partial charge in [-0.2, -0.15) is 0 Å². The Morgan fingerprint density at radius 1 is 0.439 bits per heavy atom. The van der Waals surface area contributed by atoms with Crippen LogP contribution >= 0.6 is 7.60 Å².